The second kappa shape index (κ2) is 7.99. The molecule has 9 heteroatoms. The number of rotatable bonds is 6. The smallest absolute Gasteiger partial charge is 0.316 e. The van der Waals surface area contributed by atoms with E-state index < -0.39 is 17.6 Å². The molecule has 2 heterocycles. The minimum Gasteiger partial charge on any atom is -0.481 e. The maximum absolute atomic E-state index is 14.8. The van der Waals surface area contributed by atoms with Gasteiger partial charge < -0.3 is 14.8 Å². The van der Waals surface area contributed by atoms with E-state index in [1.54, 1.807) is 24.5 Å². The molecule has 0 bridgehead atoms. The lowest BCUT2D eigenvalue weighted by Gasteiger charge is -2.33. The highest BCUT2D eigenvalue weighted by molar-refractivity contribution is 5.80. The minimum absolute atomic E-state index is 0.0841. The number of carbonyl (C=O) groups is 1. The van der Waals surface area contributed by atoms with Gasteiger partial charge in [-0.1, -0.05) is 6.07 Å². The summed E-state index contributed by atoms with van der Waals surface area (Å²) >= 11 is 0. The van der Waals surface area contributed by atoms with Gasteiger partial charge in [0.05, 0.1) is 16.6 Å². The van der Waals surface area contributed by atoms with E-state index in [0.29, 0.717) is 40.8 Å². The molecule has 32 heavy (non-hydrogen) atoms. The molecule has 2 aromatic heterocycles. The third kappa shape index (κ3) is 4.01. The first-order valence-corrected chi connectivity index (χ1v) is 10.1. The van der Waals surface area contributed by atoms with Crippen molar-refractivity contribution in [2.24, 2.45) is 5.92 Å². The fourth-order valence-corrected chi connectivity index (χ4v) is 3.86. The number of benzene rings is 2. The number of hydrogen-bond acceptors (Lipinski definition) is 5. The van der Waals surface area contributed by atoms with Crippen LogP contribution in [0, 0.1) is 17.6 Å². The number of ether oxygens (including phenoxy) is 1. The first-order valence-electron chi connectivity index (χ1n) is 10.1. The van der Waals surface area contributed by atoms with Gasteiger partial charge in [-0.25, -0.2) is 23.7 Å². The highest BCUT2D eigenvalue weighted by Crippen LogP contribution is 2.33. The first kappa shape index (κ1) is 20.0. The van der Waals surface area contributed by atoms with Gasteiger partial charge in [0.15, 0.2) is 0 Å². The van der Waals surface area contributed by atoms with Crippen molar-refractivity contribution >= 4 is 17.0 Å². The number of carboxylic acids is 1. The molecule has 7 nitrogen and oxygen atoms in total. The molecule has 0 amide bonds. The summed E-state index contributed by atoms with van der Waals surface area (Å²) in [5, 5.41) is 8.80. The summed E-state index contributed by atoms with van der Waals surface area (Å²) in [5.41, 5.74) is 2.52. The van der Waals surface area contributed by atoms with Gasteiger partial charge in [0.25, 0.3) is 0 Å². The number of carboxylic acid groups (broad SMARTS) is 1. The molecule has 0 aliphatic heterocycles. The summed E-state index contributed by atoms with van der Waals surface area (Å²) in [4.78, 5) is 26.3. The Hall–Kier alpha value is -3.88. The molecule has 162 valence electrons. The van der Waals surface area contributed by atoms with Crippen molar-refractivity contribution < 1.29 is 23.4 Å². The van der Waals surface area contributed by atoms with Gasteiger partial charge in [-0.05, 0) is 54.7 Å². The number of nitrogens with one attached hydrogen (secondary N) is 1. The first-order chi connectivity index (χ1) is 15.4. The molecule has 4 aromatic rings. The summed E-state index contributed by atoms with van der Waals surface area (Å²) in [6.45, 7) is 0. The SMILES string of the molecule is O=C(O)CC1CC(Oc2ncc(-c3ccc(-c4nc5ccc(F)cc5[nH]4)c(F)c3)cn2)C1. The Morgan fingerprint density at radius 1 is 1.09 bits per heavy atom. The molecular formula is C23H18F2N4O3. The van der Waals surface area contributed by atoms with Crippen LogP contribution in [0.3, 0.4) is 0 Å². The Morgan fingerprint density at radius 2 is 1.88 bits per heavy atom. The largest absolute Gasteiger partial charge is 0.481 e. The van der Waals surface area contributed by atoms with Crippen LogP contribution < -0.4 is 4.74 Å². The second-order valence-electron chi connectivity index (χ2n) is 7.87. The Morgan fingerprint density at radius 3 is 2.59 bits per heavy atom. The maximum Gasteiger partial charge on any atom is 0.316 e. The lowest BCUT2D eigenvalue weighted by molar-refractivity contribution is -0.139. The van der Waals surface area contributed by atoms with Crippen molar-refractivity contribution in [3.63, 3.8) is 0 Å². The molecule has 0 radical (unpaired) electrons. The monoisotopic (exact) mass is 436 g/mol. The predicted molar refractivity (Wildman–Crippen MR) is 112 cm³/mol. The number of hydrogen-bond donors (Lipinski definition) is 2. The van der Waals surface area contributed by atoms with Gasteiger partial charge in [-0.3, -0.25) is 4.79 Å². The molecule has 2 N–H and O–H groups in total. The standard InChI is InChI=1S/C23H18F2N4O3/c24-15-2-4-19-20(9-15)29-22(28-19)17-3-1-13(8-18(17)25)14-10-26-23(27-11-14)32-16-5-12(6-16)7-21(30)31/h1-4,8-12,16H,5-7H2,(H,28,29)(H,30,31). The van der Waals surface area contributed by atoms with E-state index >= 15 is 0 Å². The Labute approximate surface area is 181 Å². The van der Waals surface area contributed by atoms with Crippen molar-refractivity contribution in [1.82, 2.24) is 19.9 Å². The summed E-state index contributed by atoms with van der Waals surface area (Å²) in [6, 6.07) is 9.06. The molecule has 2 aromatic carbocycles. The van der Waals surface area contributed by atoms with Crippen LogP contribution in [0.5, 0.6) is 6.01 Å². The van der Waals surface area contributed by atoms with Crippen molar-refractivity contribution in [3.05, 3.63) is 60.4 Å². The minimum atomic E-state index is -0.804. The van der Waals surface area contributed by atoms with Crippen LogP contribution >= 0.6 is 0 Å². The lowest BCUT2D eigenvalue weighted by atomic mass is 9.80. The fraction of sp³-hybridized carbons (Fsp3) is 0.217. The van der Waals surface area contributed by atoms with Gasteiger partial charge in [0, 0.05) is 24.4 Å². The van der Waals surface area contributed by atoms with Gasteiger partial charge in [0.2, 0.25) is 0 Å². The van der Waals surface area contributed by atoms with E-state index in [2.05, 4.69) is 19.9 Å². The van der Waals surface area contributed by atoms with Crippen LogP contribution in [0.25, 0.3) is 33.5 Å². The molecule has 0 spiro atoms. The summed E-state index contributed by atoms with van der Waals surface area (Å²) < 4.78 is 33.9. The normalized spacial score (nSPS) is 17.8. The van der Waals surface area contributed by atoms with Crippen LogP contribution in [0.1, 0.15) is 19.3 Å². The van der Waals surface area contributed by atoms with E-state index in [-0.39, 0.29) is 30.0 Å². The number of aromatic amines is 1. The Kier molecular flexibility index (Phi) is 5.01. The van der Waals surface area contributed by atoms with Crippen LogP contribution in [-0.2, 0) is 4.79 Å². The number of fused-ring (bicyclic) bond motifs is 1. The predicted octanol–water partition coefficient (Wildman–Crippen LogP) is 4.60. The van der Waals surface area contributed by atoms with Crippen LogP contribution in [0.2, 0.25) is 0 Å². The van der Waals surface area contributed by atoms with Crippen molar-refractivity contribution in [1.29, 1.82) is 0 Å². The molecule has 1 fully saturated rings. The van der Waals surface area contributed by atoms with Crippen molar-refractivity contribution in [2.45, 2.75) is 25.4 Å². The average molecular weight is 436 g/mol. The van der Waals surface area contributed by atoms with E-state index in [4.69, 9.17) is 9.84 Å². The second-order valence-corrected chi connectivity index (χ2v) is 7.87. The summed E-state index contributed by atoms with van der Waals surface area (Å²) in [5.74, 6) is -1.24. The van der Waals surface area contributed by atoms with Gasteiger partial charge in [-0.15, -0.1) is 0 Å². The molecule has 0 atom stereocenters. The number of imidazole rings is 1. The van der Waals surface area contributed by atoms with E-state index in [1.165, 1.54) is 24.3 Å². The Bertz CT molecular complexity index is 1300. The van der Waals surface area contributed by atoms with Gasteiger partial charge >= 0.3 is 12.0 Å². The summed E-state index contributed by atoms with van der Waals surface area (Å²) in [6.07, 6.45) is 4.49. The van der Waals surface area contributed by atoms with E-state index in [1.807, 2.05) is 0 Å². The topological polar surface area (TPSA) is 101 Å². The zero-order valence-electron chi connectivity index (χ0n) is 16.8. The fourth-order valence-electron chi connectivity index (χ4n) is 3.86. The van der Waals surface area contributed by atoms with Crippen LogP contribution in [0.4, 0.5) is 8.78 Å². The number of nitrogens with zero attached hydrogens (tertiary/aromatic N) is 3. The van der Waals surface area contributed by atoms with Gasteiger partial charge in [0.1, 0.15) is 23.6 Å². The molecular weight excluding hydrogens is 418 g/mol. The van der Waals surface area contributed by atoms with Crippen molar-refractivity contribution in [3.8, 4) is 28.5 Å². The average Bonchev–Trinajstić information content (AvgIpc) is 3.15. The number of H-pyrrole nitrogens is 1. The molecule has 1 saturated carbocycles. The van der Waals surface area contributed by atoms with E-state index in [0.717, 1.165) is 0 Å². The van der Waals surface area contributed by atoms with Crippen LogP contribution in [-0.4, -0.2) is 37.1 Å². The molecule has 1 aliphatic carbocycles. The third-order valence-corrected chi connectivity index (χ3v) is 5.56. The zero-order chi connectivity index (χ0) is 22.2. The molecule has 5 rings (SSSR count). The molecule has 1 aliphatic rings. The number of aliphatic carboxylic acids is 1. The summed E-state index contributed by atoms with van der Waals surface area (Å²) in [7, 11) is 0. The lowest BCUT2D eigenvalue weighted by Crippen LogP contribution is -2.35. The van der Waals surface area contributed by atoms with Crippen molar-refractivity contribution in [2.75, 3.05) is 0 Å². The third-order valence-electron chi connectivity index (χ3n) is 5.56. The number of aromatic nitrogens is 4. The molecule has 0 saturated heterocycles. The highest BCUT2D eigenvalue weighted by Gasteiger charge is 2.32. The zero-order valence-corrected chi connectivity index (χ0v) is 16.8. The highest BCUT2D eigenvalue weighted by atomic mass is 19.1. The van der Waals surface area contributed by atoms with Crippen LogP contribution in [0.15, 0.2) is 48.8 Å². The molecule has 0 unspecified atom stereocenters. The Balaban J connectivity index is 1.29. The quantitative estimate of drug-likeness (QED) is 0.458. The maximum atomic E-state index is 14.8. The van der Waals surface area contributed by atoms with Gasteiger partial charge in [-0.2, -0.15) is 0 Å². The number of halogens is 2. The van der Waals surface area contributed by atoms with E-state index in [9.17, 15) is 13.6 Å².